The molecule has 0 radical (unpaired) electrons. The first-order valence-electron chi connectivity index (χ1n) is 6.48. The quantitative estimate of drug-likeness (QED) is 0.773. The van der Waals surface area contributed by atoms with Gasteiger partial charge in [0.05, 0.1) is 0 Å². The number of carboxylic acids is 1. The van der Waals surface area contributed by atoms with Gasteiger partial charge in [0.25, 0.3) is 0 Å². The van der Waals surface area contributed by atoms with Crippen LogP contribution in [0.2, 0.25) is 0 Å². The van der Waals surface area contributed by atoms with Crippen molar-refractivity contribution in [2.24, 2.45) is 0 Å². The number of hydrogen-bond donors (Lipinski definition) is 2. The first-order valence-corrected chi connectivity index (χ1v) is 7.77. The third kappa shape index (κ3) is 4.91. The molecule has 0 aromatic heterocycles. The number of thioether (sulfide) groups is 1. The molecule has 1 saturated heterocycles. The van der Waals surface area contributed by atoms with Gasteiger partial charge >= 0.3 is 12.0 Å². The van der Waals surface area contributed by atoms with Crippen molar-refractivity contribution < 1.29 is 14.7 Å². The smallest absolute Gasteiger partial charge is 0.320 e. The van der Waals surface area contributed by atoms with Crippen molar-refractivity contribution in [3.05, 3.63) is 0 Å². The van der Waals surface area contributed by atoms with Crippen molar-refractivity contribution in [3.63, 3.8) is 0 Å². The van der Waals surface area contributed by atoms with Crippen molar-refractivity contribution in [2.75, 3.05) is 39.0 Å². The Hall–Kier alpha value is -0.950. The lowest BCUT2D eigenvalue weighted by Crippen LogP contribution is -2.55. The number of carbonyl (C=O) groups is 2. The van der Waals surface area contributed by atoms with Crippen LogP contribution < -0.4 is 5.32 Å². The lowest BCUT2D eigenvalue weighted by molar-refractivity contribution is -0.143. The number of amides is 2. The van der Waals surface area contributed by atoms with Crippen LogP contribution >= 0.6 is 11.8 Å². The maximum atomic E-state index is 11.9. The highest BCUT2D eigenvalue weighted by atomic mass is 32.2. The van der Waals surface area contributed by atoms with Gasteiger partial charge in [-0.15, -0.1) is 0 Å². The van der Waals surface area contributed by atoms with Gasteiger partial charge in [-0.25, -0.2) is 4.79 Å². The monoisotopic (exact) mass is 289 g/mol. The molecule has 0 aromatic carbocycles. The number of rotatable bonds is 5. The fraction of sp³-hybridized carbons (Fsp3) is 0.833. The standard InChI is InChI=1S/C12H23N3O3S/c1-9(19-3)8-13-12(18)15-6-4-14(5-7-15)10(2)11(16)17/h9-10H,4-8H2,1-3H3,(H,13,18)(H,16,17). The van der Waals surface area contributed by atoms with Crippen LogP contribution in [0.15, 0.2) is 0 Å². The lowest BCUT2D eigenvalue weighted by Gasteiger charge is -2.36. The number of urea groups is 1. The molecule has 0 aliphatic carbocycles. The average Bonchev–Trinajstić information content (AvgIpc) is 2.43. The zero-order valence-electron chi connectivity index (χ0n) is 11.8. The van der Waals surface area contributed by atoms with Gasteiger partial charge in [-0.2, -0.15) is 11.8 Å². The second-order valence-electron chi connectivity index (χ2n) is 4.77. The van der Waals surface area contributed by atoms with E-state index >= 15 is 0 Å². The average molecular weight is 289 g/mol. The lowest BCUT2D eigenvalue weighted by atomic mass is 10.2. The molecule has 2 amide bonds. The van der Waals surface area contributed by atoms with E-state index in [2.05, 4.69) is 12.2 Å². The number of nitrogens with zero attached hydrogens (tertiary/aromatic N) is 2. The van der Waals surface area contributed by atoms with E-state index in [0.29, 0.717) is 38.0 Å². The van der Waals surface area contributed by atoms with Crippen LogP contribution in [0.4, 0.5) is 4.79 Å². The van der Waals surface area contributed by atoms with E-state index in [1.165, 1.54) is 0 Å². The molecule has 0 spiro atoms. The summed E-state index contributed by atoms with van der Waals surface area (Å²) >= 11 is 1.71. The summed E-state index contributed by atoms with van der Waals surface area (Å²) in [6, 6.07) is -0.537. The van der Waals surface area contributed by atoms with Gasteiger partial charge in [0.2, 0.25) is 0 Å². The molecule has 2 atom stereocenters. The predicted molar refractivity (Wildman–Crippen MR) is 76.6 cm³/mol. The summed E-state index contributed by atoms with van der Waals surface area (Å²) in [5, 5.41) is 12.2. The Bertz CT molecular complexity index is 319. The molecule has 2 N–H and O–H groups in total. The summed E-state index contributed by atoms with van der Waals surface area (Å²) in [6.07, 6.45) is 2.02. The molecule has 1 aliphatic rings. The van der Waals surface area contributed by atoms with Gasteiger partial charge in [-0.1, -0.05) is 6.92 Å². The van der Waals surface area contributed by atoms with E-state index in [0.717, 1.165) is 0 Å². The summed E-state index contributed by atoms with van der Waals surface area (Å²) in [5.74, 6) is -0.813. The number of hydrogen-bond acceptors (Lipinski definition) is 4. The third-order valence-corrected chi connectivity index (χ3v) is 4.42. The van der Waals surface area contributed by atoms with Crippen LogP contribution in [0, 0.1) is 0 Å². The summed E-state index contributed by atoms with van der Waals surface area (Å²) in [7, 11) is 0. The highest BCUT2D eigenvalue weighted by molar-refractivity contribution is 7.99. The molecule has 110 valence electrons. The highest BCUT2D eigenvalue weighted by Crippen LogP contribution is 2.07. The first kappa shape index (κ1) is 16.1. The number of aliphatic carboxylic acids is 1. The van der Waals surface area contributed by atoms with E-state index in [4.69, 9.17) is 5.11 Å². The van der Waals surface area contributed by atoms with Crippen LogP contribution in [0.3, 0.4) is 0 Å². The second-order valence-corrected chi connectivity index (χ2v) is 6.05. The van der Waals surface area contributed by atoms with Gasteiger partial charge in [0.15, 0.2) is 0 Å². The van der Waals surface area contributed by atoms with Crippen molar-refractivity contribution >= 4 is 23.8 Å². The second kappa shape index (κ2) is 7.59. The maximum Gasteiger partial charge on any atom is 0.320 e. The van der Waals surface area contributed by atoms with Crippen LogP contribution in [0.1, 0.15) is 13.8 Å². The first-order chi connectivity index (χ1) is 8.95. The van der Waals surface area contributed by atoms with Crippen molar-refractivity contribution in [3.8, 4) is 0 Å². The minimum Gasteiger partial charge on any atom is -0.480 e. The minimum absolute atomic E-state index is 0.0523. The summed E-state index contributed by atoms with van der Waals surface area (Å²) in [4.78, 5) is 26.4. The molecule has 0 aromatic rings. The fourth-order valence-electron chi connectivity index (χ4n) is 1.89. The molecular formula is C12H23N3O3S. The largest absolute Gasteiger partial charge is 0.480 e. The molecule has 2 unspecified atom stereocenters. The number of nitrogens with one attached hydrogen (secondary N) is 1. The summed E-state index contributed by atoms with van der Waals surface area (Å²) in [6.45, 7) is 6.79. The van der Waals surface area contributed by atoms with E-state index in [1.807, 2.05) is 11.2 Å². The Labute approximate surface area is 118 Å². The zero-order valence-corrected chi connectivity index (χ0v) is 12.6. The Morgan fingerprint density at radius 2 is 1.84 bits per heavy atom. The van der Waals surface area contributed by atoms with Crippen molar-refractivity contribution in [1.82, 2.24) is 15.1 Å². The number of piperazine rings is 1. The minimum atomic E-state index is -0.813. The molecule has 0 saturated carbocycles. The molecular weight excluding hydrogens is 266 g/mol. The molecule has 7 heteroatoms. The van der Waals surface area contributed by atoms with Crippen molar-refractivity contribution in [2.45, 2.75) is 25.1 Å². The predicted octanol–water partition coefficient (Wildman–Crippen LogP) is 0.538. The fourth-order valence-corrected chi connectivity index (χ4v) is 2.14. The summed E-state index contributed by atoms with van der Waals surface area (Å²) in [5.41, 5.74) is 0. The molecule has 19 heavy (non-hydrogen) atoms. The zero-order chi connectivity index (χ0) is 14.4. The topological polar surface area (TPSA) is 72.9 Å². The van der Waals surface area contributed by atoms with Crippen LogP contribution in [0.5, 0.6) is 0 Å². The number of carbonyl (C=O) groups excluding carboxylic acids is 1. The Morgan fingerprint density at radius 3 is 2.32 bits per heavy atom. The Morgan fingerprint density at radius 1 is 1.26 bits per heavy atom. The van der Waals surface area contributed by atoms with Gasteiger partial charge < -0.3 is 15.3 Å². The van der Waals surface area contributed by atoms with Crippen LogP contribution in [0.25, 0.3) is 0 Å². The Balaban J connectivity index is 2.33. The highest BCUT2D eigenvalue weighted by Gasteiger charge is 2.27. The van der Waals surface area contributed by atoms with Crippen LogP contribution in [-0.2, 0) is 4.79 Å². The van der Waals surface area contributed by atoms with E-state index in [1.54, 1.807) is 23.6 Å². The van der Waals surface area contributed by atoms with E-state index < -0.39 is 12.0 Å². The van der Waals surface area contributed by atoms with Crippen LogP contribution in [-0.4, -0.2) is 77.2 Å². The van der Waals surface area contributed by atoms with Crippen molar-refractivity contribution in [1.29, 1.82) is 0 Å². The SMILES string of the molecule is CSC(C)CNC(=O)N1CCN(C(C)C(=O)O)CC1. The van der Waals surface area contributed by atoms with Gasteiger partial charge in [-0.05, 0) is 13.2 Å². The third-order valence-electron chi connectivity index (χ3n) is 3.45. The van der Waals surface area contributed by atoms with Gasteiger partial charge in [0, 0.05) is 38.0 Å². The molecule has 1 aliphatic heterocycles. The Kier molecular flexibility index (Phi) is 6.44. The molecule has 1 rings (SSSR count). The molecule has 0 bridgehead atoms. The van der Waals surface area contributed by atoms with Gasteiger partial charge in [-0.3, -0.25) is 9.69 Å². The normalized spacial score (nSPS) is 19.8. The maximum absolute atomic E-state index is 11.9. The molecule has 1 heterocycles. The molecule has 1 fully saturated rings. The van der Waals surface area contributed by atoms with E-state index in [-0.39, 0.29) is 6.03 Å². The number of carboxylic acid groups (broad SMARTS) is 1. The van der Waals surface area contributed by atoms with E-state index in [9.17, 15) is 9.59 Å². The molecule has 6 nitrogen and oxygen atoms in total. The van der Waals surface area contributed by atoms with Gasteiger partial charge in [0.1, 0.15) is 6.04 Å². The summed E-state index contributed by atoms with van der Waals surface area (Å²) < 4.78 is 0.